The first-order valence-corrected chi connectivity index (χ1v) is 6.68. The molecule has 94 valence electrons. The molecule has 3 rings (SSSR count). The average molecular weight is 235 g/mol. The first-order chi connectivity index (χ1) is 8.40. The second-order valence-electron chi connectivity index (χ2n) is 5.15. The van der Waals surface area contributed by atoms with Crippen LogP contribution in [0, 0.1) is 0 Å². The first kappa shape index (κ1) is 11.2. The summed E-state index contributed by atoms with van der Waals surface area (Å²) in [6, 6.07) is 0.982. The molecule has 4 heteroatoms. The fourth-order valence-electron chi connectivity index (χ4n) is 3.30. The van der Waals surface area contributed by atoms with Crippen LogP contribution in [0.4, 0.5) is 0 Å². The van der Waals surface area contributed by atoms with Crippen LogP contribution in [0.25, 0.3) is 0 Å². The van der Waals surface area contributed by atoms with E-state index in [1.165, 1.54) is 37.8 Å². The number of hydrogen-bond acceptors (Lipinski definition) is 3. The van der Waals surface area contributed by atoms with Gasteiger partial charge in [-0.25, -0.2) is 4.98 Å². The number of ether oxygens (including phenoxy) is 1. The van der Waals surface area contributed by atoms with Crippen molar-refractivity contribution in [2.45, 2.75) is 50.3 Å². The molecule has 1 aromatic heterocycles. The molecule has 1 saturated heterocycles. The number of rotatable bonds is 3. The molecular weight excluding hydrogens is 214 g/mol. The Hall–Kier alpha value is -0.870. The van der Waals surface area contributed by atoms with Crippen molar-refractivity contribution in [2.75, 3.05) is 13.7 Å². The zero-order valence-electron chi connectivity index (χ0n) is 10.4. The van der Waals surface area contributed by atoms with Crippen LogP contribution in [0.5, 0.6) is 0 Å². The van der Waals surface area contributed by atoms with Gasteiger partial charge in [0.25, 0.3) is 0 Å². The molecule has 1 N–H and O–H groups in total. The Bertz CT molecular complexity index is 370. The normalized spacial score (nSPS) is 33.4. The lowest BCUT2D eigenvalue weighted by atomic mass is 10.1. The Balaban J connectivity index is 1.84. The fraction of sp³-hybridized carbons (Fsp3) is 0.769. The van der Waals surface area contributed by atoms with E-state index in [4.69, 9.17) is 4.74 Å². The minimum absolute atomic E-state index is 0.365. The van der Waals surface area contributed by atoms with Gasteiger partial charge in [-0.15, -0.1) is 0 Å². The molecule has 2 aliphatic rings. The van der Waals surface area contributed by atoms with E-state index >= 15 is 0 Å². The zero-order chi connectivity index (χ0) is 11.7. The number of methoxy groups -OCH3 is 1. The van der Waals surface area contributed by atoms with Crippen molar-refractivity contribution in [1.82, 2.24) is 14.9 Å². The van der Waals surface area contributed by atoms with E-state index in [-0.39, 0.29) is 0 Å². The summed E-state index contributed by atoms with van der Waals surface area (Å²) in [7, 11) is 1.83. The second kappa shape index (κ2) is 4.78. The Kier molecular flexibility index (Phi) is 3.16. The number of hydrogen-bond donors (Lipinski definition) is 1. The standard InChI is InChI=1S/C13H21N3O/c1-17-13-6-2-5-11(13)16-9-14-8-12(16)10-4-3-7-15-10/h8-11,13,15H,2-7H2,1H3. The summed E-state index contributed by atoms with van der Waals surface area (Å²) in [5.41, 5.74) is 1.34. The van der Waals surface area contributed by atoms with Crippen LogP contribution in [0.15, 0.2) is 12.5 Å². The van der Waals surface area contributed by atoms with Crippen LogP contribution in [0.3, 0.4) is 0 Å². The zero-order valence-corrected chi connectivity index (χ0v) is 10.4. The van der Waals surface area contributed by atoms with Crippen molar-refractivity contribution in [3.05, 3.63) is 18.2 Å². The maximum atomic E-state index is 5.60. The van der Waals surface area contributed by atoms with Crippen molar-refractivity contribution < 1.29 is 4.74 Å². The van der Waals surface area contributed by atoms with Gasteiger partial charge in [-0.05, 0) is 38.6 Å². The highest BCUT2D eigenvalue weighted by atomic mass is 16.5. The number of imidazole rings is 1. The van der Waals surface area contributed by atoms with Gasteiger partial charge in [-0.2, -0.15) is 0 Å². The molecule has 0 aromatic carbocycles. The van der Waals surface area contributed by atoms with E-state index in [9.17, 15) is 0 Å². The summed E-state index contributed by atoms with van der Waals surface area (Å²) >= 11 is 0. The van der Waals surface area contributed by atoms with Crippen LogP contribution in [-0.4, -0.2) is 29.3 Å². The third-order valence-corrected chi connectivity index (χ3v) is 4.19. The molecule has 17 heavy (non-hydrogen) atoms. The molecule has 1 aliphatic carbocycles. The molecule has 3 unspecified atom stereocenters. The van der Waals surface area contributed by atoms with E-state index in [1.807, 2.05) is 19.6 Å². The van der Waals surface area contributed by atoms with Gasteiger partial charge >= 0.3 is 0 Å². The average Bonchev–Trinajstić information content (AvgIpc) is 3.09. The lowest BCUT2D eigenvalue weighted by Gasteiger charge is -2.24. The fourth-order valence-corrected chi connectivity index (χ4v) is 3.30. The summed E-state index contributed by atoms with van der Waals surface area (Å²) in [6.07, 6.45) is 10.5. The Morgan fingerprint density at radius 1 is 1.35 bits per heavy atom. The van der Waals surface area contributed by atoms with Crippen LogP contribution in [0.2, 0.25) is 0 Å². The first-order valence-electron chi connectivity index (χ1n) is 6.68. The van der Waals surface area contributed by atoms with Gasteiger partial charge in [-0.1, -0.05) is 0 Å². The monoisotopic (exact) mass is 235 g/mol. The van der Waals surface area contributed by atoms with Gasteiger partial charge in [0, 0.05) is 19.3 Å². The van der Waals surface area contributed by atoms with E-state index < -0.39 is 0 Å². The topological polar surface area (TPSA) is 39.1 Å². The molecule has 0 amide bonds. The molecule has 0 bridgehead atoms. The third-order valence-electron chi connectivity index (χ3n) is 4.19. The lowest BCUT2D eigenvalue weighted by Crippen LogP contribution is -2.24. The highest BCUT2D eigenvalue weighted by Gasteiger charge is 2.31. The van der Waals surface area contributed by atoms with E-state index in [0.29, 0.717) is 18.2 Å². The highest BCUT2D eigenvalue weighted by molar-refractivity contribution is 5.10. The molecule has 2 fully saturated rings. The van der Waals surface area contributed by atoms with E-state index in [0.717, 1.165) is 6.54 Å². The predicted octanol–water partition coefficient (Wildman–Crippen LogP) is 2.05. The molecule has 0 spiro atoms. The summed E-state index contributed by atoms with van der Waals surface area (Å²) in [4.78, 5) is 4.35. The Labute approximate surface area is 102 Å². The van der Waals surface area contributed by atoms with Crippen molar-refractivity contribution in [3.8, 4) is 0 Å². The van der Waals surface area contributed by atoms with Gasteiger partial charge < -0.3 is 14.6 Å². The Morgan fingerprint density at radius 3 is 3.06 bits per heavy atom. The van der Waals surface area contributed by atoms with Gasteiger partial charge in [0.05, 0.1) is 24.2 Å². The van der Waals surface area contributed by atoms with Crippen molar-refractivity contribution in [2.24, 2.45) is 0 Å². The van der Waals surface area contributed by atoms with Crippen LogP contribution in [-0.2, 0) is 4.74 Å². The van der Waals surface area contributed by atoms with Crippen LogP contribution in [0.1, 0.15) is 49.9 Å². The summed E-state index contributed by atoms with van der Waals surface area (Å²) < 4.78 is 7.95. The molecule has 1 saturated carbocycles. The van der Waals surface area contributed by atoms with Crippen LogP contribution >= 0.6 is 0 Å². The van der Waals surface area contributed by atoms with Gasteiger partial charge in [-0.3, -0.25) is 0 Å². The second-order valence-corrected chi connectivity index (χ2v) is 5.15. The maximum Gasteiger partial charge on any atom is 0.0952 e. The van der Waals surface area contributed by atoms with Crippen molar-refractivity contribution >= 4 is 0 Å². The molecule has 4 nitrogen and oxygen atoms in total. The molecule has 2 heterocycles. The van der Waals surface area contributed by atoms with Gasteiger partial charge in [0.2, 0.25) is 0 Å². The summed E-state index contributed by atoms with van der Waals surface area (Å²) in [6.45, 7) is 1.13. The summed E-state index contributed by atoms with van der Waals surface area (Å²) in [5, 5.41) is 3.55. The van der Waals surface area contributed by atoms with Crippen molar-refractivity contribution in [1.29, 1.82) is 0 Å². The summed E-state index contributed by atoms with van der Waals surface area (Å²) in [5.74, 6) is 0. The van der Waals surface area contributed by atoms with Crippen LogP contribution < -0.4 is 5.32 Å². The molecule has 1 aromatic rings. The number of nitrogens with zero attached hydrogens (tertiary/aromatic N) is 2. The SMILES string of the molecule is COC1CCCC1n1cncc1C1CCCN1. The van der Waals surface area contributed by atoms with Gasteiger partial charge in [0.1, 0.15) is 0 Å². The quantitative estimate of drug-likeness (QED) is 0.871. The Morgan fingerprint density at radius 2 is 2.29 bits per heavy atom. The highest BCUT2D eigenvalue weighted by Crippen LogP contribution is 2.35. The smallest absolute Gasteiger partial charge is 0.0952 e. The molecule has 1 aliphatic heterocycles. The number of nitrogens with one attached hydrogen (secondary N) is 1. The molecule has 3 atom stereocenters. The third kappa shape index (κ3) is 2.00. The molecular formula is C13H21N3O. The lowest BCUT2D eigenvalue weighted by molar-refractivity contribution is 0.0736. The number of aromatic nitrogens is 2. The minimum atomic E-state index is 0.365. The van der Waals surface area contributed by atoms with E-state index in [2.05, 4.69) is 14.9 Å². The van der Waals surface area contributed by atoms with Crippen molar-refractivity contribution in [3.63, 3.8) is 0 Å². The maximum absolute atomic E-state index is 5.60. The largest absolute Gasteiger partial charge is 0.379 e. The molecule has 0 radical (unpaired) electrons. The van der Waals surface area contributed by atoms with E-state index in [1.54, 1.807) is 0 Å². The van der Waals surface area contributed by atoms with Gasteiger partial charge in [0.15, 0.2) is 0 Å². The minimum Gasteiger partial charge on any atom is -0.379 e. The predicted molar refractivity (Wildman–Crippen MR) is 65.9 cm³/mol.